The average Bonchev–Trinajstić information content (AvgIpc) is 2.38. The standard InChI is InChI=1S/C12H10Cl2N4O/c1-6-2-3-7(4-8(6)15)12(19)18-11-9(13)10(14)16-5-17-11/h2-5H,15H2,1H3,(H,16,17,18,19). The second-order valence-corrected chi connectivity index (χ2v) is 4.59. The molecule has 0 fully saturated rings. The van der Waals surface area contributed by atoms with E-state index in [1.807, 2.05) is 6.92 Å². The first kappa shape index (κ1) is 13.6. The molecule has 3 N–H and O–H groups in total. The molecule has 0 radical (unpaired) electrons. The molecule has 19 heavy (non-hydrogen) atoms. The molecule has 1 amide bonds. The summed E-state index contributed by atoms with van der Waals surface area (Å²) in [6.07, 6.45) is 1.22. The molecule has 0 saturated heterocycles. The molecule has 0 bridgehead atoms. The number of halogens is 2. The normalized spacial score (nSPS) is 10.3. The maximum atomic E-state index is 12.0. The van der Waals surface area contributed by atoms with E-state index in [0.717, 1.165) is 5.56 Å². The number of rotatable bonds is 2. The Kier molecular flexibility index (Phi) is 3.87. The highest BCUT2D eigenvalue weighted by Crippen LogP contribution is 2.25. The molecule has 0 atom stereocenters. The Morgan fingerprint density at radius 3 is 2.74 bits per heavy atom. The van der Waals surface area contributed by atoms with Crippen LogP contribution in [-0.2, 0) is 0 Å². The first-order valence-electron chi connectivity index (χ1n) is 5.32. The third kappa shape index (κ3) is 2.94. The van der Waals surface area contributed by atoms with E-state index >= 15 is 0 Å². The van der Waals surface area contributed by atoms with Crippen LogP contribution in [-0.4, -0.2) is 15.9 Å². The third-order valence-electron chi connectivity index (χ3n) is 2.52. The maximum Gasteiger partial charge on any atom is 0.256 e. The van der Waals surface area contributed by atoms with Gasteiger partial charge in [-0.2, -0.15) is 0 Å². The average molecular weight is 297 g/mol. The van der Waals surface area contributed by atoms with Crippen molar-refractivity contribution >= 4 is 40.6 Å². The van der Waals surface area contributed by atoms with Gasteiger partial charge in [0.15, 0.2) is 11.0 Å². The molecule has 0 saturated carbocycles. The van der Waals surface area contributed by atoms with Crippen LogP contribution >= 0.6 is 23.2 Å². The lowest BCUT2D eigenvalue weighted by Crippen LogP contribution is -2.14. The number of carbonyl (C=O) groups excluding carboxylic acids is 1. The number of hydrogen-bond acceptors (Lipinski definition) is 4. The van der Waals surface area contributed by atoms with Gasteiger partial charge in [0.05, 0.1) is 0 Å². The molecular weight excluding hydrogens is 287 g/mol. The number of carbonyl (C=O) groups is 1. The maximum absolute atomic E-state index is 12.0. The second kappa shape index (κ2) is 5.42. The van der Waals surface area contributed by atoms with Crippen LogP contribution in [0.4, 0.5) is 11.5 Å². The Morgan fingerprint density at radius 2 is 2.05 bits per heavy atom. The molecule has 0 unspecified atom stereocenters. The lowest BCUT2D eigenvalue weighted by atomic mass is 10.1. The highest BCUT2D eigenvalue weighted by Gasteiger charge is 2.12. The summed E-state index contributed by atoms with van der Waals surface area (Å²) in [7, 11) is 0. The zero-order valence-electron chi connectivity index (χ0n) is 9.95. The van der Waals surface area contributed by atoms with Crippen LogP contribution in [0, 0.1) is 6.92 Å². The number of nitrogens with zero attached hydrogens (tertiary/aromatic N) is 2. The zero-order valence-corrected chi connectivity index (χ0v) is 11.5. The number of nitrogens with two attached hydrogens (primary N) is 1. The number of nitrogens with one attached hydrogen (secondary N) is 1. The summed E-state index contributed by atoms with van der Waals surface area (Å²) in [4.78, 5) is 19.6. The van der Waals surface area contributed by atoms with E-state index < -0.39 is 0 Å². The molecule has 5 nitrogen and oxygen atoms in total. The smallest absolute Gasteiger partial charge is 0.256 e. The summed E-state index contributed by atoms with van der Waals surface area (Å²) >= 11 is 11.6. The summed E-state index contributed by atoms with van der Waals surface area (Å²) in [5.74, 6) is -0.214. The molecule has 2 rings (SSSR count). The zero-order chi connectivity index (χ0) is 14.0. The highest BCUT2D eigenvalue weighted by molar-refractivity contribution is 6.43. The molecule has 0 aliphatic heterocycles. The monoisotopic (exact) mass is 296 g/mol. The number of nitrogen functional groups attached to an aromatic ring is 1. The molecule has 1 heterocycles. The Hall–Kier alpha value is -1.85. The van der Waals surface area contributed by atoms with Crippen molar-refractivity contribution < 1.29 is 4.79 Å². The van der Waals surface area contributed by atoms with Gasteiger partial charge in [-0.25, -0.2) is 9.97 Å². The van der Waals surface area contributed by atoms with E-state index in [2.05, 4.69) is 15.3 Å². The number of hydrogen-bond donors (Lipinski definition) is 2. The fraction of sp³-hybridized carbons (Fsp3) is 0.0833. The number of amides is 1. The second-order valence-electron chi connectivity index (χ2n) is 3.85. The number of aromatic nitrogens is 2. The molecule has 1 aromatic heterocycles. The predicted octanol–water partition coefficient (Wildman–Crippen LogP) is 2.93. The molecular formula is C12H10Cl2N4O. The lowest BCUT2D eigenvalue weighted by Gasteiger charge is -2.08. The van der Waals surface area contributed by atoms with Crippen LogP contribution in [0.1, 0.15) is 15.9 Å². The molecule has 0 aliphatic carbocycles. The number of benzene rings is 1. The van der Waals surface area contributed by atoms with Crippen molar-refractivity contribution in [1.82, 2.24) is 9.97 Å². The van der Waals surface area contributed by atoms with Gasteiger partial charge in [-0.05, 0) is 24.6 Å². The van der Waals surface area contributed by atoms with E-state index in [-0.39, 0.29) is 21.9 Å². The van der Waals surface area contributed by atoms with Gasteiger partial charge in [-0.1, -0.05) is 29.3 Å². The topological polar surface area (TPSA) is 80.9 Å². The molecule has 2 aromatic rings. The van der Waals surface area contributed by atoms with Gasteiger partial charge >= 0.3 is 0 Å². The minimum absolute atomic E-state index is 0.0791. The minimum Gasteiger partial charge on any atom is -0.398 e. The Morgan fingerprint density at radius 1 is 1.32 bits per heavy atom. The van der Waals surface area contributed by atoms with Crippen molar-refractivity contribution in [1.29, 1.82) is 0 Å². The van der Waals surface area contributed by atoms with E-state index in [0.29, 0.717) is 11.3 Å². The Balaban J connectivity index is 2.26. The van der Waals surface area contributed by atoms with Crippen molar-refractivity contribution in [2.75, 3.05) is 11.1 Å². The van der Waals surface area contributed by atoms with E-state index in [4.69, 9.17) is 28.9 Å². The Labute approximate surface area is 119 Å². The SMILES string of the molecule is Cc1ccc(C(=O)Nc2ncnc(Cl)c2Cl)cc1N. The van der Waals surface area contributed by atoms with Crippen molar-refractivity contribution in [3.63, 3.8) is 0 Å². The minimum atomic E-state index is -0.372. The van der Waals surface area contributed by atoms with Crippen molar-refractivity contribution in [3.05, 3.63) is 45.8 Å². The third-order valence-corrected chi connectivity index (χ3v) is 3.26. The number of anilines is 2. The predicted molar refractivity (Wildman–Crippen MR) is 75.6 cm³/mol. The first-order valence-corrected chi connectivity index (χ1v) is 6.08. The van der Waals surface area contributed by atoms with Gasteiger partial charge in [0.1, 0.15) is 11.3 Å². The molecule has 1 aromatic carbocycles. The first-order chi connectivity index (χ1) is 8.99. The van der Waals surface area contributed by atoms with E-state index in [1.54, 1.807) is 18.2 Å². The van der Waals surface area contributed by atoms with Crippen molar-refractivity contribution in [2.45, 2.75) is 6.92 Å². The van der Waals surface area contributed by atoms with Crippen molar-refractivity contribution in [2.24, 2.45) is 0 Å². The molecule has 7 heteroatoms. The molecule has 0 aliphatic rings. The van der Waals surface area contributed by atoms with Gasteiger partial charge in [-0.3, -0.25) is 4.79 Å². The van der Waals surface area contributed by atoms with E-state index in [9.17, 15) is 4.79 Å². The summed E-state index contributed by atoms with van der Waals surface area (Å²) in [5, 5.41) is 2.73. The summed E-state index contributed by atoms with van der Waals surface area (Å²) in [5.41, 5.74) is 7.61. The number of aryl methyl sites for hydroxylation is 1. The largest absolute Gasteiger partial charge is 0.398 e. The summed E-state index contributed by atoms with van der Waals surface area (Å²) < 4.78 is 0. The van der Waals surface area contributed by atoms with Crippen LogP contribution in [0.5, 0.6) is 0 Å². The van der Waals surface area contributed by atoms with Gasteiger partial charge in [0.25, 0.3) is 5.91 Å². The summed E-state index contributed by atoms with van der Waals surface area (Å²) in [6.45, 7) is 1.86. The van der Waals surface area contributed by atoms with Gasteiger partial charge in [0.2, 0.25) is 0 Å². The van der Waals surface area contributed by atoms with Crippen LogP contribution in [0.15, 0.2) is 24.5 Å². The van der Waals surface area contributed by atoms with E-state index in [1.165, 1.54) is 6.33 Å². The van der Waals surface area contributed by atoms with Gasteiger partial charge < -0.3 is 11.1 Å². The lowest BCUT2D eigenvalue weighted by molar-refractivity contribution is 0.102. The van der Waals surface area contributed by atoms with Gasteiger partial charge in [-0.15, -0.1) is 0 Å². The van der Waals surface area contributed by atoms with Crippen molar-refractivity contribution in [3.8, 4) is 0 Å². The quantitative estimate of drug-likeness (QED) is 0.659. The molecule has 0 spiro atoms. The highest BCUT2D eigenvalue weighted by atomic mass is 35.5. The van der Waals surface area contributed by atoms with Crippen LogP contribution in [0.2, 0.25) is 10.2 Å². The van der Waals surface area contributed by atoms with Gasteiger partial charge in [0, 0.05) is 11.3 Å². The fourth-order valence-corrected chi connectivity index (χ4v) is 1.67. The Bertz CT molecular complexity index is 646. The van der Waals surface area contributed by atoms with Crippen LogP contribution in [0.3, 0.4) is 0 Å². The fourth-order valence-electron chi connectivity index (χ4n) is 1.40. The molecule has 98 valence electrons. The summed E-state index contributed by atoms with van der Waals surface area (Å²) in [6, 6.07) is 5.01. The van der Waals surface area contributed by atoms with Crippen LogP contribution in [0.25, 0.3) is 0 Å². The van der Waals surface area contributed by atoms with Crippen LogP contribution < -0.4 is 11.1 Å².